The maximum absolute atomic E-state index is 12.2. The SMILES string of the molecule is Cc1n[nH]c(C)c1CCC(=O)N1C[C@H]2CC[C@H]2C1. The number of hydrogen-bond donors (Lipinski definition) is 1. The first-order chi connectivity index (χ1) is 8.65. The van der Waals surface area contributed by atoms with Crippen LogP contribution in [0.5, 0.6) is 0 Å². The number of carbonyl (C=O) groups is 1. The minimum Gasteiger partial charge on any atom is -0.342 e. The smallest absolute Gasteiger partial charge is 0.222 e. The van der Waals surface area contributed by atoms with E-state index >= 15 is 0 Å². The molecule has 1 saturated heterocycles. The summed E-state index contributed by atoms with van der Waals surface area (Å²) in [5.41, 5.74) is 3.34. The Morgan fingerprint density at radius 2 is 2.00 bits per heavy atom. The van der Waals surface area contributed by atoms with Gasteiger partial charge in [0.15, 0.2) is 0 Å². The third-order valence-electron chi connectivity index (χ3n) is 4.71. The molecular weight excluding hydrogens is 226 g/mol. The summed E-state index contributed by atoms with van der Waals surface area (Å²) in [5.74, 6) is 1.95. The number of aromatic amines is 1. The van der Waals surface area contributed by atoms with Crippen LogP contribution in [0.2, 0.25) is 0 Å². The molecule has 1 N–H and O–H groups in total. The molecule has 98 valence electrons. The summed E-state index contributed by atoms with van der Waals surface area (Å²) in [5, 5.41) is 7.16. The van der Waals surface area contributed by atoms with E-state index in [-0.39, 0.29) is 0 Å². The number of likely N-dealkylation sites (tertiary alicyclic amines) is 1. The van der Waals surface area contributed by atoms with E-state index in [0.29, 0.717) is 12.3 Å². The molecule has 1 aromatic rings. The van der Waals surface area contributed by atoms with E-state index in [1.165, 1.54) is 18.4 Å². The fraction of sp³-hybridized carbons (Fsp3) is 0.714. The summed E-state index contributed by atoms with van der Waals surface area (Å²) in [6, 6.07) is 0. The van der Waals surface area contributed by atoms with Crippen LogP contribution >= 0.6 is 0 Å². The lowest BCUT2D eigenvalue weighted by Gasteiger charge is -2.27. The molecule has 18 heavy (non-hydrogen) atoms. The molecule has 1 aliphatic heterocycles. The van der Waals surface area contributed by atoms with Gasteiger partial charge in [0.2, 0.25) is 5.91 Å². The molecule has 4 heteroatoms. The van der Waals surface area contributed by atoms with Crippen molar-refractivity contribution in [2.75, 3.05) is 13.1 Å². The van der Waals surface area contributed by atoms with Gasteiger partial charge in [-0.1, -0.05) is 0 Å². The Morgan fingerprint density at radius 3 is 2.50 bits per heavy atom. The van der Waals surface area contributed by atoms with Crippen LogP contribution in [0.4, 0.5) is 0 Å². The van der Waals surface area contributed by atoms with Gasteiger partial charge < -0.3 is 4.90 Å². The lowest BCUT2D eigenvalue weighted by atomic mass is 9.77. The monoisotopic (exact) mass is 247 g/mol. The Kier molecular flexibility index (Phi) is 2.88. The Balaban J connectivity index is 1.55. The summed E-state index contributed by atoms with van der Waals surface area (Å²) < 4.78 is 0. The molecule has 2 aliphatic rings. The van der Waals surface area contributed by atoms with Crippen molar-refractivity contribution < 1.29 is 4.79 Å². The average molecular weight is 247 g/mol. The molecule has 1 aromatic heterocycles. The number of nitrogens with zero attached hydrogens (tertiary/aromatic N) is 2. The summed E-state index contributed by atoms with van der Waals surface area (Å²) in [6.07, 6.45) is 4.10. The zero-order chi connectivity index (χ0) is 12.7. The Labute approximate surface area is 108 Å². The van der Waals surface area contributed by atoms with Crippen molar-refractivity contribution in [3.8, 4) is 0 Å². The van der Waals surface area contributed by atoms with E-state index in [9.17, 15) is 4.79 Å². The van der Waals surface area contributed by atoms with E-state index in [0.717, 1.165) is 42.7 Å². The van der Waals surface area contributed by atoms with E-state index in [2.05, 4.69) is 15.1 Å². The zero-order valence-corrected chi connectivity index (χ0v) is 11.2. The van der Waals surface area contributed by atoms with E-state index < -0.39 is 0 Å². The second kappa shape index (κ2) is 4.41. The molecule has 1 aliphatic carbocycles. The van der Waals surface area contributed by atoms with Crippen LogP contribution in [0.25, 0.3) is 0 Å². The van der Waals surface area contributed by atoms with Gasteiger partial charge in [-0.2, -0.15) is 5.10 Å². The highest BCUT2D eigenvalue weighted by Gasteiger charge is 2.40. The standard InChI is InChI=1S/C14H21N3O/c1-9-13(10(2)16-15-9)5-6-14(18)17-7-11-3-4-12(11)8-17/h11-12H,3-8H2,1-2H3,(H,15,16)/t11-,12+. The van der Waals surface area contributed by atoms with Gasteiger partial charge in [-0.3, -0.25) is 9.89 Å². The van der Waals surface area contributed by atoms with Crippen LogP contribution in [0.1, 0.15) is 36.2 Å². The van der Waals surface area contributed by atoms with Crippen molar-refractivity contribution in [3.05, 3.63) is 17.0 Å². The summed E-state index contributed by atoms with van der Waals surface area (Å²) >= 11 is 0. The maximum Gasteiger partial charge on any atom is 0.222 e. The normalized spacial score (nSPS) is 26.0. The predicted molar refractivity (Wildman–Crippen MR) is 69.2 cm³/mol. The fourth-order valence-corrected chi connectivity index (χ4v) is 3.30. The van der Waals surface area contributed by atoms with Gasteiger partial charge in [0.25, 0.3) is 0 Å². The largest absolute Gasteiger partial charge is 0.342 e. The topological polar surface area (TPSA) is 49.0 Å². The molecule has 0 spiro atoms. The van der Waals surface area contributed by atoms with E-state index in [1.54, 1.807) is 0 Å². The molecule has 2 heterocycles. The number of H-pyrrole nitrogens is 1. The van der Waals surface area contributed by atoms with Gasteiger partial charge in [-0.15, -0.1) is 0 Å². The van der Waals surface area contributed by atoms with Crippen molar-refractivity contribution >= 4 is 5.91 Å². The van der Waals surface area contributed by atoms with Crippen molar-refractivity contribution in [3.63, 3.8) is 0 Å². The van der Waals surface area contributed by atoms with Crippen LogP contribution < -0.4 is 0 Å². The fourth-order valence-electron chi connectivity index (χ4n) is 3.30. The van der Waals surface area contributed by atoms with E-state index in [4.69, 9.17) is 0 Å². The highest BCUT2D eigenvalue weighted by Crippen LogP contribution is 2.40. The number of hydrogen-bond acceptors (Lipinski definition) is 2. The maximum atomic E-state index is 12.2. The molecule has 2 fully saturated rings. The molecule has 0 radical (unpaired) electrons. The highest BCUT2D eigenvalue weighted by atomic mass is 16.2. The quantitative estimate of drug-likeness (QED) is 0.886. The zero-order valence-electron chi connectivity index (χ0n) is 11.2. The number of fused-ring (bicyclic) bond motifs is 1. The van der Waals surface area contributed by atoms with Gasteiger partial charge in [-0.05, 0) is 50.5 Å². The summed E-state index contributed by atoms with van der Waals surface area (Å²) in [7, 11) is 0. The number of rotatable bonds is 3. The van der Waals surface area contributed by atoms with Crippen molar-refractivity contribution in [2.24, 2.45) is 11.8 Å². The molecule has 1 saturated carbocycles. The van der Waals surface area contributed by atoms with Crippen LogP contribution in [-0.4, -0.2) is 34.1 Å². The van der Waals surface area contributed by atoms with Crippen LogP contribution in [0.3, 0.4) is 0 Å². The molecule has 2 atom stereocenters. The van der Waals surface area contributed by atoms with Gasteiger partial charge >= 0.3 is 0 Å². The molecule has 4 nitrogen and oxygen atoms in total. The van der Waals surface area contributed by atoms with Gasteiger partial charge in [-0.25, -0.2) is 0 Å². The number of aryl methyl sites for hydroxylation is 2. The van der Waals surface area contributed by atoms with Gasteiger partial charge in [0.05, 0.1) is 5.69 Å². The Morgan fingerprint density at radius 1 is 1.33 bits per heavy atom. The number of aromatic nitrogens is 2. The molecule has 0 unspecified atom stereocenters. The van der Waals surface area contributed by atoms with Crippen molar-refractivity contribution in [2.45, 2.75) is 39.5 Å². The summed E-state index contributed by atoms with van der Waals surface area (Å²) in [6.45, 7) is 6.04. The third-order valence-corrected chi connectivity index (χ3v) is 4.71. The van der Waals surface area contributed by atoms with Gasteiger partial charge in [0, 0.05) is 25.2 Å². The minimum atomic E-state index is 0.324. The molecule has 0 aromatic carbocycles. The first kappa shape index (κ1) is 11.8. The molecular formula is C14H21N3O. The highest BCUT2D eigenvalue weighted by molar-refractivity contribution is 5.77. The lowest BCUT2D eigenvalue weighted by molar-refractivity contribution is -0.130. The minimum absolute atomic E-state index is 0.324. The van der Waals surface area contributed by atoms with Gasteiger partial charge in [0.1, 0.15) is 0 Å². The average Bonchev–Trinajstić information content (AvgIpc) is 2.79. The molecule has 3 rings (SSSR count). The number of amides is 1. The number of carbonyl (C=O) groups excluding carboxylic acids is 1. The molecule has 0 bridgehead atoms. The Hall–Kier alpha value is -1.32. The molecule has 1 amide bonds. The first-order valence-corrected chi connectivity index (χ1v) is 6.93. The lowest BCUT2D eigenvalue weighted by Crippen LogP contribution is -2.28. The number of nitrogens with one attached hydrogen (secondary N) is 1. The van der Waals surface area contributed by atoms with Crippen molar-refractivity contribution in [1.82, 2.24) is 15.1 Å². The van der Waals surface area contributed by atoms with Crippen LogP contribution in [-0.2, 0) is 11.2 Å². The Bertz CT molecular complexity index is 434. The second-order valence-corrected chi connectivity index (χ2v) is 5.81. The van der Waals surface area contributed by atoms with Crippen LogP contribution in [0.15, 0.2) is 0 Å². The van der Waals surface area contributed by atoms with Crippen molar-refractivity contribution in [1.29, 1.82) is 0 Å². The third kappa shape index (κ3) is 1.93. The second-order valence-electron chi connectivity index (χ2n) is 5.81. The summed E-state index contributed by atoms with van der Waals surface area (Å²) in [4.78, 5) is 14.3. The first-order valence-electron chi connectivity index (χ1n) is 6.93. The predicted octanol–water partition coefficient (Wildman–Crippen LogP) is 1.83. The van der Waals surface area contributed by atoms with Crippen LogP contribution in [0, 0.1) is 25.7 Å². The van der Waals surface area contributed by atoms with E-state index in [1.807, 2.05) is 13.8 Å².